The molecule has 1 unspecified atom stereocenters. The third kappa shape index (κ3) is 7.68. The van der Waals surface area contributed by atoms with Gasteiger partial charge in [0.2, 0.25) is 0 Å². The van der Waals surface area contributed by atoms with Gasteiger partial charge in [-0.2, -0.15) is 5.26 Å². The lowest BCUT2D eigenvalue weighted by molar-refractivity contribution is -0.134. The van der Waals surface area contributed by atoms with Crippen LogP contribution >= 0.6 is 22.9 Å². The largest absolute Gasteiger partial charge is 0.478 e. The molecule has 0 aliphatic carbocycles. The number of hydrogen-bond donors (Lipinski definition) is 3. The molecule has 10 nitrogen and oxygen atoms in total. The highest BCUT2D eigenvalue weighted by Crippen LogP contribution is 2.28. The Morgan fingerprint density at radius 1 is 1.46 bits per heavy atom. The second kappa shape index (κ2) is 12.2. The highest BCUT2D eigenvalue weighted by Gasteiger charge is 2.21. The van der Waals surface area contributed by atoms with Crippen LogP contribution in [0.3, 0.4) is 0 Å². The van der Waals surface area contributed by atoms with Gasteiger partial charge in [0, 0.05) is 45.9 Å². The number of nitrogens with one attached hydrogen (secondary N) is 1. The SMILES string of the molecule is O=C(O)/C=C\C(=O)O.[2H]N(c1ncnc2sc(Cl)nc12)C1([2H])CCN(C([2H])([2H])c2ccc(F)c(C#N)c2)C([2H])([2H])C1([2H])[2H]. The Hall–Kier alpha value is -3.66. The molecular weight excluding hydrogens is 499 g/mol. The maximum absolute atomic E-state index is 13.8. The van der Waals surface area contributed by atoms with E-state index in [1.807, 2.05) is 0 Å². The van der Waals surface area contributed by atoms with Crippen LogP contribution in [-0.4, -0.2) is 61.1 Å². The van der Waals surface area contributed by atoms with Crippen LogP contribution in [0.2, 0.25) is 5.88 Å². The second-order valence-corrected chi connectivity index (χ2v) is 8.00. The van der Waals surface area contributed by atoms with Crippen LogP contribution in [0.15, 0.2) is 36.7 Å². The van der Waals surface area contributed by atoms with Crippen LogP contribution in [0, 0.1) is 17.1 Å². The molecule has 4 rings (SSSR count). The quantitative estimate of drug-likeness (QED) is 0.406. The van der Waals surface area contributed by atoms with E-state index in [4.69, 9.17) is 38.1 Å². The lowest BCUT2D eigenvalue weighted by Gasteiger charge is -2.32. The Morgan fingerprint density at radius 2 is 2.20 bits per heavy atom. The van der Waals surface area contributed by atoms with Crippen molar-refractivity contribution in [2.45, 2.75) is 25.3 Å². The predicted molar refractivity (Wildman–Crippen MR) is 128 cm³/mol. The van der Waals surface area contributed by atoms with E-state index in [2.05, 4.69) is 15.0 Å². The Balaban J connectivity index is 0.000000557. The van der Waals surface area contributed by atoms with E-state index >= 15 is 0 Å². The molecule has 0 bridgehead atoms. The lowest BCUT2D eigenvalue weighted by Crippen LogP contribution is -2.38. The second-order valence-electron chi connectivity index (χ2n) is 6.44. The zero-order valence-corrected chi connectivity index (χ0v) is 19.0. The van der Waals surface area contributed by atoms with Gasteiger partial charge in [0.15, 0.2) is 11.7 Å². The monoisotopic (exact) mass is 526 g/mol. The number of carboxylic acid groups (broad SMARTS) is 2. The van der Waals surface area contributed by atoms with Crippen molar-refractivity contribution in [2.24, 2.45) is 0 Å². The number of rotatable bonds is 6. The lowest BCUT2D eigenvalue weighted by atomic mass is 10.0. The maximum Gasteiger partial charge on any atom is 0.328 e. The molecule has 0 saturated carbocycles. The zero-order valence-electron chi connectivity index (χ0n) is 25.4. The summed E-state index contributed by atoms with van der Waals surface area (Å²) in [5, 5.41) is 25.1. The average molecular weight is 527 g/mol. The van der Waals surface area contributed by atoms with Crippen LogP contribution in [0.5, 0.6) is 0 Å². The van der Waals surface area contributed by atoms with Crippen LogP contribution in [0.1, 0.15) is 33.5 Å². The molecule has 1 aliphatic heterocycles. The number of nitriles is 1. The molecule has 13 heteroatoms. The van der Waals surface area contributed by atoms with Crippen LogP contribution in [0.25, 0.3) is 10.3 Å². The molecule has 1 saturated heterocycles. The third-order valence-electron chi connectivity index (χ3n) is 4.02. The van der Waals surface area contributed by atoms with E-state index in [-0.39, 0.29) is 21.4 Å². The summed E-state index contributed by atoms with van der Waals surface area (Å²) in [6.45, 7) is -6.32. The summed E-state index contributed by atoms with van der Waals surface area (Å²) >= 11 is 6.92. The number of aliphatic carboxylic acids is 2. The minimum absolute atomic E-state index is 0.0496. The minimum atomic E-state index is -3.16. The van der Waals surface area contributed by atoms with Crippen molar-refractivity contribution in [3.63, 3.8) is 0 Å². The van der Waals surface area contributed by atoms with E-state index in [1.165, 1.54) is 0 Å². The Kier molecular flexibility index (Phi) is 5.87. The fraction of sp³-hybridized carbons (Fsp3) is 0.273. The number of anilines is 1. The van der Waals surface area contributed by atoms with Crippen molar-refractivity contribution in [3.05, 3.63) is 58.1 Å². The number of hydrogen-bond acceptors (Lipinski definition) is 9. The summed E-state index contributed by atoms with van der Waals surface area (Å²) in [5.74, 6) is -3.64. The van der Waals surface area contributed by atoms with E-state index in [9.17, 15) is 14.0 Å². The fourth-order valence-corrected chi connectivity index (χ4v) is 3.47. The summed E-state index contributed by atoms with van der Waals surface area (Å²) in [7, 11) is 0. The number of carbonyl (C=O) groups is 2. The van der Waals surface area contributed by atoms with Crippen LogP contribution in [0.4, 0.5) is 10.2 Å². The van der Waals surface area contributed by atoms with Crippen molar-refractivity contribution >= 4 is 51.0 Å². The number of nitrogens with zero attached hydrogens (tertiary/aromatic N) is 5. The summed E-state index contributed by atoms with van der Waals surface area (Å²) in [4.78, 5) is 31.9. The Bertz CT molecular complexity index is 1620. The minimum Gasteiger partial charge on any atom is -0.478 e. The van der Waals surface area contributed by atoms with Gasteiger partial charge in [0.05, 0.1) is 6.93 Å². The van der Waals surface area contributed by atoms with E-state index in [0.717, 1.165) is 35.9 Å². The molecule has 1 atom stereocenters. The summed E-state index contributed by atoms with van der Waals surface area (Å²) in [6.07, 6.45) is -1.47. The van der Waals surface area contributed by atoms with Crippen molar-refractivity contribution in [1.82, 2.24) is 19.9 Å². The summed E-state index contributed by atoms with van der Waals surface area (Å²) in [6, 6.07) is 1.88. The van der Waals surface area contributed by atoms with Gasteiger partial charge in [-0.05, 0) is 30.5 Å². The van der Waals surface area contributed by atoms with Crippen LogP contribution < -0.4 is 5.31 Å². The van der Waals surface area contributed by atoms with E-state index in [1.54, 1.807) is 6.07 Å². The van der Waals surface area contributed by atoms with Gasteiger partial charge in [0.25, 0.3) is 0 Å². The number of benzene rings is 1. The van der Waals surface area contributed by atoms with Crippen molar-refractivity contribution in [2.75, 3.05) is 18.4 Å². The number of aromatic nitrogens is 3. The topological polar surface area (TPSA) is 152 Å². The molecule has 3 N–H and O–H groups in total. The molecule has 182 valence electrons. The van der Waals surface area contributed by atoms with Gasteiger partial charge < -0.3 is 15.5 Å². The molecule has 3 heterocycles. The smallest absolute Gasteiger partial charge is 0.328 e. The van der Waals surface area contributed by atoms with Crippen molar-refractivity contribution in [3.8, 4) is 6.07 Å². The van der Waals surface area contributed by atoms with Gasteiger partial charge in [0.1, 0.15) is 28.6 Å². The van der Waals surface area contributed by atoms with E-state index < -0.39 is 61.7 Å². The first-order valence-corrected chi connectivity index (χ1v) is 10.7. The number of halogens is 2. The summed E-state index contributed by atoms with van der Waals surface area (Å²) in [5.41, 5.74) is -0.660. The molecule has 35 heavy (non-hydrogen) atoms. The van der Waals surface area contributed by atoms with Crippen LogP contribution in [-0.2, 0) is 16.1 Å². The number of fused-ring (bicyclic) bond motifs is 1. The van der Waals surface area contributed by atoms with Gasteiger partial charge in [-0.1, -0.05) is 29.0 Å². The Morgan fingerprint density at radius 3 is 2.89 bits per heavy atom. The highest BCUT2D eigenvalue weighted by atomic mass is 35.5. The van der Waals surface area contributed by atoms with Gasteiger partial charge in [-0.3, -0.25) is 4.90 Å². The average Bonchev–Trinajstić information content (AvgIpc) is 3.31. The highest BCUT2D eigenvalue weighted by molar-refractivity contribution is 7.21. The number of thiazole rings is 1. The first-order chi connectivity index (χ1) is 19.8. The molecule has 0 spiro atoms. The van der Waals surface area contributed by atoms with Gasteiger partial charge in [-0.15, -0.1) is 0 Å². The van der Waals surface area contributed by atoms with Gasteiger partial charge in [-0.25, -0.2) is 28.9 Å². The van der Waals surface area contributed by atoms with Crippen molar-refractivity contribution < 1.29 is 35.2 Å². The summed E-state index contributed by atoms with van der Waals surface area (Å²) < 4.78 is 82.7. The molecular formula is C22H20ClFN6O4S. The predicted octanol–water partition coefficient (Wildman–Crippen LogP) is 3.54. The number of carboxylic acids is 2. The zero-order chi connectivity index (χ0) is 32.5. The molecule has 0 radical (unpaired) electrons. The molecule has 2 aromatic heterocycles. The maximum atomic E-state index is 13.8. The van der Waals surface area contributed by atoms with Gasteiger partial charge >= 0.3 is 11.9 Å². The molecule has 3 aromatic rings. The molecule has 1 aliphatic rings. The van der Waals surface area contributed by atoms with E-state index in [0.29, 0.717) is 27.2 Å². The molecule has 0 amide bonds. The first-order valence-electron chi connectivity index (χ1n) is 13.4. The van der Waals surface area contributed by atoms with Crippen molar-refractivity contribution in [1.29, 1.82) is 5.26 Å². The molecule has 1 fully saturated rings. The normalized spacial score (nSPS) is 24.6. The first kappa shape index (κ1) is 16.9. The molecule has 1 aromatic carbocycles. The Labute approximate surface area is 219 Å². The number of likely N-dealkylation sites (tertiary alicyclic amines) is 1. The standard InChI is InChI=1S/C18H16ClFN6S.C4H4O4/c19-18-25-15-16(22-10-23-17(15)27-18)24-13-3-5-26(6-4-13)9-11-1-2-14(20)12(7-11)8-21;5-3(6)1-2-4(7)8/h1-2,7,10,13H,3-6,9H2,(H,22,23,24);1-2H,(H,5,6)(H,7,8)/b;2-1-/i3D2,5D2,9D2,13D;/hD. The third-order valence-corrected chi connectivity index (χ3v) is 5.09. The fourth-order valence-electron chi connectivity index (χ4n) is 2.54. The number of piperidine rings is 1.